The Bertz CT molecular complexity index is 620. The molecule has 1 amide bonds. The van der Waals surface area contributed by atoms with E-state index in [2.05, 4.69) is 4.98 Å². The molecule has 1 aliphatic rings. The zero-order valence-corrected chi connectivity index (χ0v) is 10.7. The van der Waals surface area contributed by atoms with E-state index >= 15 is 0 Å². The van der Waals surface area contributed by atoms with Crippen molar-refractivity contribution in [3.05, 3.63) is 53.2 Å². The molecule has 3 nitrogen and oxygen atoms in total. The van der Waals surface area contributed by atoms with Crippen LogP contribution in [0.5, 0.6) is 0 Å². The minimum Gasteiger partial charge on any atom is -0.366 e. The maximum absolute atomic E-state index is 11.7. The van der Waals surface area contributed by atoms with Crippen molar-refractivity contribution in [3.63, 3.8) is 0 Å². The van der Waals surface area contributed by atoms with Gasteiger partial charge < -0.3 is 5.73 Å². The quantitative estimate of drug-likeness (QED) is 0.893. The topological polar surface area (TPSA) is 56.0 Å². The van der Waals surface area contributed by atoms with E-state index in [0.29, 0.717) is 5.56 Å². The Morgan fingerprint density at radius 2 is 1.95 bits per heavy atom. The predicted molar refractivity (Wildman–Crippen MR) is 74.8 cm³/mol. The van der Waals surface area contributed by atoms with Gasteiger partial charge in [-0.3, -0.25) is 9.78 Å². The Morgan fingerprint density at radius 1 is 1.11 bits per heavy atom. The summed E-state index contributed by atoms with van der Waals surface area (Å²) >= 11 is 0. The third-order valence-electron chi connectivity index (χ3n) is 3.72. The summed E-state index contributed by atoms with van der Waals surface area (Å²) in [6, 6.07) is 9.65. The van der Waals surface area contributed by atoms with Gasteiger partial charge in [-0.15, -0.1) is 0 Å². The Morgan fingerprint density at radius 3 is 2.68 bits per heavy atom. The number of aromatic nitrogens is 1. The monoisotopic (exact) mass is 252 g/mol. The molecule has 3 rings (SSSR count). The number of hydrogen-bond donors (Lipinski definition) is 1. The van der Waals surface area contributed by atoms with Gasteiger partial charge in [-0.05, 0) is 55.0 Å². The fourth-order valence-corrected chi connectivity index (χ4v) is 2.84. The van der Waals surface area contributed by atoms with E-state index < -0.39 is 0 Å². The number of aryl methyl sites for hydroxylation is 1. The van der Waals surface area contributed by atoms with Gasteiger partial charge in [0.1, 0.15) is 0 Å². The predicted octanol–water partition coefficient (Wildman–Crippen LogP) is 2.73. The molecule has 0 atom stereocenters. The van der Waals surface area contributed by atoms with Crippen molar-refractivity contribution in [2.24, 2.45) is 5.73 Å². The largest absolute Gasteiger partial charge is 0.366 e. The Labute approximate surface area is 112 Å². The number of carbonyl (C=O) groups is 1. The van der Waals surface area contributed by atoms with Crippen molar-refractivity contribution >= 4 is 5.91 Å². The van der Waals surface area contributed by atoms with Crippen molar-refractivity contribution in [2.75, 3.05) is 0 Å². The van der Waals surface area contributed by atoms with Gasteiger partial charge in [0.05, 0.1) is 5.69 Å². The Hall–Kier alpha value is -2.16. The van der Waals surface area contributed by atoms with Crippen LogP contribution in [0.25, 0.3) is 11.3 Å². The molecule has 0 aliphatic heterocycles. The van der Waals surface area contributed by atoms with Crippen LogP contribution in [0.3, 0.4) is 0 Å². The van der Waals surface area contributed by atoms with Crippen LogP contribution < -0.4 is 5.73 Å². The second kappa shape index (κ2) is 4.84. The van der Waals surface area contributed by atoms with E-state index in [1.807, 2.05) is 30.3 Å². The number of nitrogens with zero attached hydrogens (tertiary/aromatic N) is 1. The number of nitrogens with two attached hydrogens (primary N) is 1. The lowest BCUT2D eigenvalue weighted by Crippen LogP contribution is -2.16. The number of rotatable bonds is 2. The fourth-order valence-electron chi connectivity index (χ4n) is 2.84. The normalized spacial score (nSPS) is 13.9. The molecule has 0 radical (unpaired) electrons. The number of benzene rings is 1. The lowest BCUT2D eigenvalue weighted by atomic mass is 9.84. The third-order valence-corrected chi connectivity index (χ3v) is 3.72. The van der Waals surface area contributed by atoms with E-state index in [0.717, 1.165) is 30.5 Å². The molecule has 1 aliphatic carbocycles. The summed E-state index contributed by atoms with van der Waals surface area (Å²) in [5.41, 5.74) is 10.5. The molecule has 0 saturated carbocycles. The molecule has 0 spiro atoms. The second-order valence-corrected chi connectivity index (χ2v) is 4.91. The highest BCUT2D eigenvalue weighted by Crippen LogP contribution is 2.33. The molecule has 96 valence electrons. The van der Waals surface area contributed by atoms with Crippen molar-refractivity contribution in [1.29, 1.82) is 0 Å². The maximum Gasteiger partial charge on any atom is 0.249 e. The van der Waals surface area contributed by atoms with Crippen molar-refractivity contribution in [3.8, 4) is 11.3 Å². The number of hydrogen-bond acceptors (Lipinski definition) is 2. The lowest BCUT2D eigenvalue weighted by molar-refractivity contribution is 0.100. The minimum atomic E-state index is -0.381. The minimum absolute atomic E-state index is 0.381. The summed E-state index contributed by atoms with van der Waals surface area (Å²) in [7, 11) is 0. The van der Waals surface area contributed by atoms with Crippen LogP contribution in [-0.4, -0.2) is 10.9 Å². The van der Waals surface area contributed by atoms with E-state index in [1.165, 1.54) is 17.5 Å². The summed E-state index contributed by atoms with van der Waals surface area (Å²) in [6.45, 7) is 0. The third kappa shape index (κ3) is 2.12. The van der Waals surface area contributed by atoms with Crippen LogP contribution in [0.1, 0.15) is 34.3 Å². The highest BCUT2D eigenvalue weighted by molar-refractivity contribution is 6.00. The van der Waals surface area contributed by atoms with Crippen molar-refractivity contribution in [1.82, 2.24) is 4.98 Å². The molecule has 1 aromatic heterocycles. The van der Waals surface area contributed by atoms with Crippen molar-refractivity contribution < 1.29 is 4.79 Å². The zero-order chi connectivity index (χ0) is 13.2. The number of primary amides is 1. The van der Waals surface area contributed by atoms with Crippen LogP contribution in [-0.2, 0) is 12.8 Å². The highest BCUT2D eigenvalue weighted by Gasteiger charge is 2.20. The Kier molecular flexibility index (Phi) is 3.03. The molecule has 2 aromatic rings. The number of fused-ring (bicyclic) bond motifs is 1. The van der Waals surface area contributed by atoms with Crippen LogP contribution in [0, 0.1) is 0 Å². The van der Waals surface area contributed by atoms with E-state index in [4.69, 9.17) is 5.73 Å². The van der Waals surface area contributed by atoms with Gasteiger partial charge >= 0.3 is 0 Å². The average molecular weight is 252 g/mol. The first-order valence-corrected chi connectivity index (χ1v) is 6.63. The first-order chi connectivity index (χ1) is 9.27. The molecule has 0 unspecified atom stereocenters. The number of pyridine rings is 1. The fraction of sp³-hybridized carbons (Fsp3) is 0.250. The molecule has 0 bridgehead atoms. The smallest absolute Gasteiger partial charge is 0.249 e. The molecule has 2 N–H and O–H groups in total. The SMILES string of the molecule is NC(=O)c1ccc2c(c1-c1ccccn1)CCCC2. The molecule has 0 fully saturated rings. The first-order valence-electron chi connectivity index (χ1n) is 6.63. The van der Waals surface area contributed by atoms with Crippen LogP contribution in [0.15, 0.2) is 36.5 Å². The average Bonchev–Trinajstić information content (AvgIpc) is 2.46. The maximum atomic E-state index is 11.7. The summed E-state index contributed by atoms with van der Waals surface area (Å²) in [4.78, 5) is 16.1. The second-order valence-electron chi connectivity index (χ2n) is 4.91. The van der Waals surface area contributed by atoms with E-state index in [9.17, 15) is 4.79 Å². The highest BCUT2D eigenvalue weighted by atomic mass is 16.1. The molecule has 0 saturated heterocycles. The standard InChI is InChI=1S/C16H16N2O/c17-16(19)13-9-8-11-5-1-2-6-12(11)15(13)14-7-3-4-10-18-14/h3-4,7-10H,1-2,5-6H2,(H2,17,19). The van der Waals surface area contributed by atoms with Gasteiger partial charge in [0.25, 0.3) is 0 Å². The summed E-state index contributed by atoms with van der Waals surface area (Å²) < 4.78 is 0. The molecule has 1 heterocycles. The first kappa shape index (κ1) is 11.9. The number of carbonyl (C=O) groups excluding carboxylic acids is 1. The van der Waals surface area contributed by atoms with Gasteiger partial charge in [0.2, 0.25) is 5.91 Å². The molecule has 19 heavy (non-hydrogen) atoms. The van der Waals surface area contributed by atoms with Gasteiger partial charge in [-0.25, -0.2) is 0 Å². The molecule has 1 aromatic carbocycles. The van der Waals surface area contributed by atoms with Crippen LogP contribution in [0.2, 0.25) is 0 Å². The Balaban J connectivity index is 2.27. The molecular weight excluding hydrogens is 236 g/mol. The summed E-state index contributed by atoms with van der Waals surface area (Å²) in [5, 5.41) is 0. The van der Waals surface area contributed by atoms with Gasteiger partial charge in [-0.2, -0.15) is 0 Å². The zero-order valence-electron chi connectivity index (χ0n) is 10.7. The summed E-state index contributed by atoms with van der Waals surface area (Å²) in [6.07, 6.45) is 6.21. The van der Waals surface area contributed by atoms with E-state index in [-0.39, 0.29) is 5.91 Å². The summed E-state index contributed by atoms with van der Waals surface area (Å²) in [5.74, 6) is -0.381. The van der Waals surface area contributed by atoms with E-state index in [1.54, 1.807) is 6.20 Å². The molecule has 3 heteroatoms. The molecular formula is C16H16N2O. The van der Waals surface area contributed by atoms with Crippen LogP contribution >= 0.6 is 0 Å². The number of amides is 1. The lowest BCUT2D eigenvalue weighted by Gasteiger charge is -2.21. The van der Waals surface area contributed by atoms with Gasteiger partial charge in [-0.1, -0.05) is 12.1 Å². The van der Waals surface area contributed by atoms with Crippen molar-refractivity contribution in [2.45, 2.75) is 25.7 Å². The van der Waals surface area contributed by atoms with Gasteiger partial charge in [0.15, 0.2) is 0 Å². The van der Waals surface area contributed by atoms with Crippen LogP contribution in [0.4, 0.5) is 0 Å². The van der Waals surface area contributed by atoms with Gasteiger partial charge in [0, 0.05) is 17.3 Å².